The van der Waals surface area contributed by atoms with Crippen molar-refractivity contribution in [1.82, 2.24) is 29.5 Å². The highest BCUT2D eigenvalue weighted by Gasteiger charge is 2.16. The number of halogens is 1. The fraction of sp³-hybridized carbons (Fsp3) is 0.250. The minimum atomic E-state index is -0.431. The number of hydrogen-bond acceptors (Lipinski definition) is 6. The van der Waals surface area contributed by atoms with Crippen LogP contribution >= 0.6 is 0 Å². The summed E-state index contributed by atoms with van der Waals surface area (Å²) in [7, 11) is 1.66. The Balaban J connectivity index is 1.46. The summed E-state index contributed by atoms with van der Waals surface area (Å²) in [6.07, 6.45) is 7.27. The van der Waals surface area contributed by atoms with Gasteiger partial charge in [0.05, 0.1) is 19.6 Å². The molecule has 4 aromatic heterocycles. The van der Waals surface area contributed by atoms with E-state index in [9.17, 15) is 4.39 Å². The molecule has 0 atom stereocenters. The third kappa shape index (κ3) is 3.97. The molecule has 0 aliphatic rings. The molecule has 5 rings (SSSR count). The lowest BCUT2D eigenvalue weighted by Crippen LogP contribution is -2.09. The maximum atomic E-state index is 13.8. The largest absolute Gasteiger partial charge is 0.497 e. The van der Waals surface area contributed by atoms with E-state index in [1.807, 2.05) is 22.9 Å². The number of fused-ring (bicyclic) bond motifs is 2. The van der Waals surface area contributed by atoms with Gasteiger partial charge in [-0.25, -0.2) is 19.3 Å². The van der Waals surface area contributed by atoms with Gasteiger partial charge in [0.15, 0.2) is 17.3 Å². The minimum absolute atomic E-state index is 0.166. The molecule has 0 aliphatic heterocycles. The van der Waals surface area contributed by atoms with Gasteiger partial charge in [-0.2, -0.15) is 0 Å². The third-order valence-electron chi connectivity index (χ3n) is 5.60. The van der Waals surface area contributed by atoms with E-state index in [0.29, 0.717) is 34.9 Å². The first-order chi connectivity index (χ1) is 16.0. The molecule has 0 aliphatic carbocycles. The Kier molecular flexibility index (Phi) is 5.37. The van der Waals surface area contributed by atoms with Crippen LogP contribution < -0.4 is 10.1 Å². The number of H-pyrrole nitrogens is 1. The first-order valence-corrected chi connectivity index (χ1v) is 10.8. The van der Waals surface area contributed by atoms with Crippen LogP contribution in [0.4, 0.5) is 10.2 Å². The van der Waals surface area contributed by atoms with Gasteiger partial charge in [0.1, 0.15) is 17.1 Å². The molecule has 0 bridgehead atoms. The fourth-order valence-electron chi connectivity index (χ4n) is 3.90. The molecule has 0 unspecified atom stereocenters. The van der Waals surface area contributed by atoms with Crippen LogP contribution in [0.1, 0.15) is 25.5 Å². The number of hydrogen-bond donors (Lipinski definition) is 2. The van der Waals surface area contributed by atoms with E-state index < -0.39 is 5.82 Å². The quantitative estimate of drug-likeness (QED) is 0.375. The van der Waals surface area contributed by atoms with Crippen molar-refractivity contribution in [1.29, 1.82) is 0 Å². The summed E-state index contributed by atoms with van der Waals surface area (Å²) in [5.41, 5.74) is 4.11. The molecule has 33 heavy (non-hydrogen) atoms. The van der Waals surface area contributed by atoms with Crippen LogP contribution in [0.15, 0.2) is 49.2 Å². The van der Waals surface area contributed by atoms with Crippen molar-refractivity contribution < 1.29 is 9.13 Å². The maximum Gasteiger partial charge on any atom is 0.166 e. The Labute approximate surface area is 189 Å². The van der Waals surface area contributed by atoms with E-state index in [2.05, 4.69) is 50.2 Å². The van der Waals surface area contributed by atoms with Crippen molar-refractivity contribution in [2.75, 3.05) is 19.0 Å². The fourth-order valence-corrected chi connectivity index (χ4v) is 3.90. The van der Waals surface area contributed by atoms with Gasteiger partial charge in [-0.1, -0.05) is 0 Å². The molecule has 168 valence electrons. The third-order valence-corrected chi connectivity index (χ3v) is 5.60. The van der Waals surface area contributed by atoms with E-state index in [4.69, 9.17) is 4.74 Å². The van der Waals surface area contributed by atoms with Crippen LogP contribution in [-0.4, -0.2) is 43.1 Å². The molecule has 8 nitrogen and oxygen atoms in total. The lowest BCUT2D eigenvalue weighted by atomic mass is 10.1. The first kappa shape index (κ1) is 20.9. The zero-order valence-corrected chi connectivity index (χ0v) is 18.6. The number of benzene rings is 1. The van der Waals surface area contributed by atoms with Crippen molar-refractivity contribution in [2.24, 2.45) is 0 Å². The average molecular weight is 446 g/mol. The summed E-state index contributed by atoms with van der Waals surface area (Å²) in [5, 5.41) is 4.56. The Morgan fingerprint density at radius 2 is 2.06 bits per heavy atom. The standard InChI is InChI=1S/C24H24FN7O/c1-14(2)32-13-29-21-23(30-22(31-24(21)32)16-8-17(25)12-26-10-16)27-7-6-15-11-28-20-9-18(33-3)4-5-19(15)20/h4-5,8-14,28H,6-7H2,1-3H3,(H,27,30,31). The average Bonchev–Trinajstić information content (AvgIpc) is 3.43. The van der Waals surface area contributed by atoms with E-state index >= 15 is 0 Å². The van der Waals surface area contributed by atoms with Crippen LogP contribution in [0, 0.1) is 5.82 Å². The van der Waals surface area contributed by atoms with Gasteiger partial charge < -0.3 is 19.6 Å². The Hall–Kier alpha value is -4.01. The summed E-state index contributed by atoms with van der Waals surface area (Å²) in [6, 6.07) is 7.55. The molecule has 1 aromatic carbocycles. The topological polar surface area (TPSA) is 93.5 Å². The van der Waals surface area contributed by atoms with Crippen molar-refractivity contribution in [2.45, 2.75) is 26.3 Å². The van der Waals surface area contributed by atoms with E-state index in [-0.39, 0.29) is 6.04 Å². The van der Waals surface area contributed by atoms with Gasteiger partial charge in [0, 0.05) is 47.5 Å². The molecule has 5 aromatic rings. The van der Waals surface area contributed by atoms with Crippen molar-refractivity contribution in [3.05, 3.63) is 60.6 Å². The van der Waals surface area contributed by atoms with E-state index in [1.54, 1.807) is 19.6 Å². The summed E-state index contributed by atoms with van der Waals surface area (Å²) < 4.78 is 21.1. The summed E-state index contributed by atoms with van der Waals surface area (Å²) in [5.74, 6) is 1.40. The van der Waals surface area contributed by atoms with Gasteiger partial charge in [-0.05, 0) is 44.0 Å². The maximum absolute atomic E-state index is 13.8. The summed E-state index contributed by atoms with van der Waals surface area (Å²) in [6.45, 7) is 4.76. The number of ether oxygens (including phenoxy) is 1. The number of imidazole rings is 1. The number of aromatic nitrogens is 6. The zero-order valence-electron chi connectivity index (χ0n) is 18.6. The number of methoxy groups -OCH3 is 1. The Morgan fingerprint density at radius 1 is 1.18 bits per heavy atom. The van der Waals surface area contributed by atoms with Crippen molar-refractivity contribution >= 4 is 27.9 Å². The van der Waals surface area contributed by atoms with Gasteiger partial charge >= 0.3 is 0 Å². The van der Waals surface area contributed by atoms with Crippen molar-refractivity contribution in [3.63, 3.8) is 0 Å². The first-order valence-electron chi connectivity index (χ1n) is 10.8. The second-order valence-electron chi connectivity index (χ2n) is 8.11. The summed E-state index contributed by atoms with van der Waals surface area (Å²) >= 11 is 0. The predicted molar refractivity (Wildman–Crippen MR) is 126 cm³/mol. The predicted octanol–water partition coefficient (Wildman–Crippen LogP) is 4.75. The Bertz CT molecular complexity index is 1440. The van der Waals surface area contributed by atoms with Crippen LogP contribution in [0.5, 0.6) is 5.75 Å². The second-order valence-corrected chi connectivity index (χ2v) is 8.11. The molecule has 0 saturated heterocycles. The number of nitrogens with zero attached hydrogens (tertiary/aromatic N) is 5. The lowest BCUT2D eigenvalue weighted by Gasteiger charge is -2.11. The number of anilines is 1. The number of aromatic amines is 1. The molecule has 0 radical (unpaired) electrons. The van der Waals surface area contributed by atoms with E-state index in [1.165, 1.54) is 11.6 Å². The lowest BCUT2D eigenvalue weighted by molar-refractivity contribution is 0.415. The SMILES string of the molecule is COc1ccc2c(CCNc3nc(-c4cncc(F)c4)nc4c3ncn4C(C)C)c[nH]c2c1. The molecule has 0 saturated carbocycles. The highest BCUT2D eigenvalue weighted by atomic mass is 19.1. The minimum Gasteiger partial charge on any atom is -0.497 e. The molecular formula is C24H24FN7O. The van der Waals surface area contributed by atoms with Gasteiger partial charge in [0.2, 0.25) is 0 Å². The zero-order chi connectivity index (χ0) is 22.9. The number of pyridine rings is 1. The highest BCUT2D eigenvalue weighted by Crippen LogP contribution is 2.27. The molecule has 0 fully saturated rings. The van der Waals surface area contributed by atoms with Crippen LogP contribution in [0.3, 0.4) is 0 Å². The molecule has 9 heteroatoms. The van der Waals surface area contributed by atoms with Crippen LogP contribution in [0.25, 0.3) is 33.5 Å². The number of rotatable bonds is 7. The van der Waals surface area contributed by atoms with Gasteiger partial charge in [-0.3, -0.25) is 4.98 Å². The highest BCUT2D eigenvalue weighted by molar-refractivity contribution is 5.86. The Morgan fingerprint density at radius 3 is 2.85 bits per heavy atom. The number of nitrogens with one attached hydrogen (secondary N) is 2. The molecule has 0 spiro atoms. The van der Waals surface area contributed by atoms with Crippen molar-refractivity contribution in [3.8, 4) is 17.1 Å². The van der Waals surface area contributed by atoms with E-state index in [0.717, 1.165) is 29.3 Å². The summed E-state index contributed by atoms with van der Waals surface area (Å²) in [4.78, 5) is 21.1. The molecule has 4 heterocycles. The monoisotopic (exact) mass is 445 g/mol. The van der Waals surface area contributed by atoms with Crippen LogP contribution in [-0.2, 0) is 6.42 Å². The van der Waals surface area contributed by atoms with Crippen LogP contribution in [0.2, 0.25) is 0 Å². The molecular weight excluding hydrogens is 421 g/mol. The smallest absolute Gasteiger partial charge is 0.166 e. The normalized spacial score (nSPS) is 11.5. The molecule has 0 amide bonds. The second kappa shape index (κ2) is 8.50. The van der Waals surface area contributed by atoms with Gasteiger partial charge in [0.25, 0.3) is 0 Å². The molecule has 2 N–H and O–H groups in total. The van der Waals surface area contributed by atoms with Gasteiger partial charge in [-0.15, -0.1) is 0 Å².